The van der Waals surface area contributed by atoms with Gasteiger partial charge in [-0.3, -0.25) is 9.59 Å². The summed E-state index contributed by atoms with van der Waals surface area (Å²) in [4.78, 5) is 36.2. The van der Waals surface area contributed by atoms with E-state index in [4.69, 9.17) is 25.8 Å². The number of rotatable bonds is 9. The van der Waals surface area contributed by atoms with E-state index in [2.05, 4.69) is 0 Å². The standard InChI is InChI=1S/C22H29ClNO6/c1-14(2)10-21(26)29-16(13-24(3,4)5)12-20(25)28-9-8-19-18-11-15(23)6-7-17(18)22(27)30-19/h6-8,11,14,16H,9-10,12-13H2,1-5H3/q+1/b19-8-/t16-/m1/s1. The number of carbonyl (C=O) groups excluding carboxylic acids is 3. The van der Waals surface area contributed by atoms with Crippen LogP contribution in [0.1, 0.15) is 42.6 Å². The molecule has 0 bridgehead atoms. The van der Waals surface area contributed by atoms with Crippen molar-refractivity contribution in [3.63, 3.8) is 0 Å². The van der Waals surface area contributed by atoms with Crippen molar-refractivity contribution in [3.8, 4) is 0 Å². The Morgan fingerprint density at radius 1 is 1.13 bits per heavy atom. The Balaban J connectivity index is 1.96. The molecule has 7 nitrogen and oxygen atoms in total. The van der Waals surface area contributed by atoms with E-state index in [0.717, 1.165) is 0 Å². The van der Waals surface area contributed by atoms with Crippen molar-refractivity contribution >= 4 is 35.3 Å². The van der Waals surface area contributed by atoms with Gasteiger partial charge in [0.2, 0.25) is 0 Å². The van der Waals surface area contributed by atoms with Crippen LogP contribution in [0.4, 0.5) is 0 Å². The average Bonchev–Trinajstić information content (AvgIpc) is 2.87. The number of nitrogens with zero attached hydrogens (tertiary/aromatic N) is 1. The molecule has 1 heterocycles. The van der Waals surface area contributed by atoms with Crippen molar-refractivity contribution in [1.29, 1.82) is 0 Å². The molecule has 0 N–H and O–H groups in total. The van der Waals surface area contributed by atoms with Gasteiger partial charge in [-0.15, -0.1) is 0 Å². The molecule has 0 saturated heterocycles. The molecule has 0 spiro atoms. The lowest BCUT2D eigenvalue weighted by atomic mass is 10.1. The van der Waals surface area contributed by atoms with Crippen LogP contribution in [-0.4, -0.2) is 62.8 Å². The highest BCUT2D eigenvalue weighted by Crippen LogP contribution is 2.31. The molecule has 1 aromatic rings. The number of benzene rings is 1. The van der Waals surface area contributed by atoms with Crippen LogP contribution in [0, 0.1) is 5.92 Å². The van der Waals surface area contributed by atoms with Gasteiger partial charge in [-0.1, -0.05) is 25.4 Å². The largest absolute Gasteiger partial charge is 0.461 e. The molecule has 0 saturated carbocycles. The number of fused-ring (bicyclic) bond motifs is 1. The zero-order chi connectivity index (χ0) is 22.5. The second-order valence-electron chi connectivity index (χ2n) is 8.72. The lowest BCUT2D eigenvalue weighted by molar-refractivity contribution is -0.873. The number of likely N-dealkylation sites (N-methyl/N-ethyl adjacent to an activating group) is 1. The minimum Gasteiger partial charge on any atom is -0.461 e. The Morgan fingerprint density at radius 3 is 2.47 bits per heavy atom. The fraction of sp³-hybridized carbons (Fsp3) is 0.500. The van der Waals surface area contributed by atoms with E-state index < -0.39 is 18.0 Å². The van der Waals surface area contributed by atoms with Gasteiger partial charge in [0.15, 0.2) is 6.10 Å². The third-order valence-corrected chi connectivity index (χ3v) is 4.44. The van der Waals surface area contributed by atoms with Gasteiger partial charge in [-0.2, -0.15) is 0 Å². The number of quaternary nitrogens is 1. The monoisotopic (exact) mass is 438 g/mol. The molecule has 0 radical (unpaired) electrons. The van der Waals surface area contributed by atoms with Gasteiger partial charge >= 0.3 is 17.9 Å². The van der Waals surface area contributed by atoms with Crippen LogP contribution in [0.25, 0.3) is 5.76 Å². The summed E-state index contributed by atoms with van der Waals surface area (Å²) >= 11 is 5.98. The maximum absolute atomic E-state index is 12.3. The van der Waals surface area contributed by atoms with Crippen LogP contribution in [0.2, 0.25) is 5.02 Å². The highest BCUT2D eigenvalue weighted by Gasteiger charge is 2.28. The summed E-state index contributed by atoms with van der Waals surface area (Å²) in [7, 11) is 5.86. The average molecular weight is 439 g/mol. The molecular weight excluding hydrogens is 410 g/mol. The van der Waals surface area contributed by atoms with Crippen LogP contribution in [0.15, 0.2) is 24.3 Å². The zero-order valence-corrected chi connectivity index (χ0v) is 18.8. The van der Waals surface area contributed by atoms with Crippen LogP contribution < -0.4 is 0 Å². The fourth-order valence-corrected chi connectivity index (χ4v) is 3.21. The maximum Gasteiger partial charge on any atom is 0.344 e. The van der Waals surface area contributed by atoms with Gasteiger partial charge in [0.05, 0.1) is 33.1 Å². The summed E-state index contributed by atoms with van der Waals surface area (Å²) < 4.78 is 16.5. The summed E-state index contributed by atoms with van der Waals surface area (Å²) in [5, 5.41) is 0.473. The molecule has 8 heteroatoms. The molecule has 0 amide bonds. The highest BCUT2D eigenvalue weighted by atomic mass is 35.5. The molecule has 0 fully saturated rings. The first-order valence-corrected chi connectivity index (χ1v) is 10.2. The summed E-state index contributed by atoms with van der Waals surface area (Å²) in [5.74, 6) is -0.828. The fourth-order valence-electron chi connectivity index (χ4n) is 3.04. The van der Waals surface area contributed by atoms with Gasteiger partial charge in [-0.25, -0.2) is 4.79 Å². The Kier molecular flexibility index (Phi) is 8.03. The number of cyclic esters (lactones) is 1. The van der Waals surface area contributed by atoms with E-state index in [9.17, 15) is 14.4 Å². The van der Waals surface area contributed by atoms with Crippen LogP contribution >= 0.6 is 11.6 Å². The lowest BCUT2D eigenvalue weighted by Gasteiger charge is -2.28. The molecule has 2 rings (SSSR count). The predicted molar refractivity (Wildman–Crippen MR) is 113 cm³/mol. The first-order valence-electron chi connectivity index (χ1n) is 9.82. The first-order chi connectivity index (χ1) is 13.9. The smallest absolute Gasteiger partial charge is 0.344 e. The maximum atomic E-state index is 12.3. The molecule has 164 valence electrons. The Morgan fingerprint density at radius 2 is 1.83 bits per heavy atom. The van der Waals surface area contributed by atoms with Crippen LogP contribution in [0.5, 0.6) is 0 Å². The van der Waals surface area contributed by atoms with Gasteiger partial charge in [0.1, 0.15) is 18.9 Å². The minimum atomic E-state index is -0.583. The number of ether oxygens (including phenoxy) is 3. The van der Waals surface area contributed by atoms with Gasteiger partial charge in [0.25, 0.3) is 0 Å². The summed E-state index contributed by atoms with van der Waals surface area (Å²) in [6, 6.07) is 4.83. The van der Waals surface area contributed by atoms with E-state index in [1.54, 1.807) is 18.2 Å². The second kappa shape index (κ2) is 10.1. The molecule has 0 aliphatic carbocycles. The van der Waals surface area contributed by atoms with Crippen molar-refractivity contribution in [3.05, 3.63) is 40.4 Å². The lowest BCUT2D eigenvalue weighted by Crippen LogP contribution is -2.44. The van der Waals surface area contributed by atoms with Crippen LogP contribution in [-0.2, 0) is 23.8 Å². The number of hydrogen-bond donors (Lipinski definition) is 0. The Bertz CT molecular complexity index is 841. The number of hydrogen-bond acceptors (Lipinski definition) is 6. The number of carbonyl (C=O) groups is 3. The van der Waals surface area contributed by atoms with Crippen LogP contribution in [0.3, 0.4) is 0 Å². The minimum absolute atomic E-state index is 0.0509. The predicted octanol–water partition coefficient (Wildman–Crippen LogP) is 3.45. The highest BCUT2D eigenvalue weighted by molar-refractivity contribution is 6.31. The van der Waals surface area contributed by atoms with Crippen molar-refractivity contribution in [2.24, 2.45) is 5.92 Å². The molecule has 1 aromatic carbocycles. The number of halogens is 1. The van der Waals surface area contributed by atoms with Gasteiger partial charge in [-0.05, 0) is 30.2 Å². The summed E-state index contributed by atoms with van der Waals surface area (Å²) in [5.41, 5.74) is 0.978. The summed E-state index contributed by atoms with van der Waals surface area (Å²) in [6.45, 7) is 4.26. The third-order valence-electron chi connectivity index (χ3n) is 4.20. The van der Waals surface area contributed by atoms with E-state index >= 15 is 0 Å². The van der Waals surface area contributed by atoms with Crippen molar-refractivity contribution < 1.29 is 33.1 Å². The van der Waals surface area contributed by atoms with Crippen molar-refractivity contribution in [2.45, 2.75) is 32.8 Å². The van der Waals surface area contributed by atoms with Crippen molar-refractivity contribution in [2.75, 3.05) is 34.3 Å². The van der Waals surface area contributed by atoms with E-state index in [1.165, 1.54) is 6.08 Å². The normalized spacial score (nSPS) is 15.7. The number of esters is 3. The molecule has 0 aromatic heterocycles. The first kappa shape index (κ1) is 23.9. The molecule has 1 aliphatic heterocycles. The quantitative estimate of drug-likeness (QED) is 0.334. The van der Waals surface area contributed by atoms with E-state index in [-0.39, 0.29) is 24.9 Å². The molecule has 1 atom stereocenters. The van der Waals surface area contributed by atoms with E-state index in [1.807, 2.05) is 35.0 Å². The third kappa shape index (κ3) is 7.46. The Labute approximate surface area is 182 Å². The molecular formula is C22H29ClNO6+. The van der Waals surface area contributed by atoms with Crippen molar-refractivity contribution in [1.82, 2.24) is 0 Å². The molecule has 1 aliphatic rings. The van der Waals surface area contributed by atoms with Gasteiger partial charge in [0, 0.05) is 17.0 Å². The topological polar surface area (TPSA) is 78.9 Å². The zero-order valence-electron chi connectivity index (χ0n) is 18.1. The molecule has 0 unspecified atom stereocenters. The summed E-state index contributed by atoms with van der Waals surface area (Å²) in [6.07, 6.45) is 1.17. The van der Waals surface area contributed by atoms with Gasteiger partial charge < -0.3 is 18.7 Å². The Hall–Kier alpha value is -2.38. The second-order valence-corrected chi connectivity index (χ2v) is 9.15. The molecule has 30 heavy (non-hydrogen) atoms. The van der Waals surface area contributed by atoms with E-state index in [0.29, 0.717) is 39.4 Å². The SMILES string of the molecule is CC(C)CC(=O)O[C@H](CC(=O)OC/C=C1\OC(=O)c2ccc(Cl)cc21)C[N+](C)(C)C.